The van der Waals surface area contributed by atoms with Crippen LogP contribution in [0.1, 0.15) is 18.5 Å². The van der Waals surface area contributed by atoms with Gasteiger partial charge in [0.2, 0.25) is 5.91 Å². The van der Waals surface area contributed by atoms with Crippen molar-refractivity contribution in [3.8, 4) is 0 Å². The lowest BCUT2D eigenvalue weighted by molar-refractivity contribution is -0.119. The molecule has 0 aliphatic carbocycles. The average molecular weight is 370 g/mol. The third-order valence-corrected chi connectivity index (χ3v) is 3.41. The Morgan fingerprint density at radius 1 is 1.53 bits per heavy atom. The summed E-state index contributed by atoms with van der Waals surface area (Å²) in [6, 6.07) is 5.05. The predicted octanol–water partition coefficient (Wildman–Crippen LogP) is 2.58. The molecule has 0 spiro atoms. The van der Waals surface area contributed by atoms with Crippen molar-refractivity contribution in [3.63, 3.8) is 0 Å². The molecule has 6 heteroatoms. The number of nitrogens with one attached hydrogen (secondary N) is 1. The number of hydrogen-bond donors (Lipinski definition) is 2. The molecule has 1 atom stereocenters. The van der Waals surface area contributed by atoms with Gasteiger partial charge in [0.25, 0.3) is 0 Å². The van der Waals surface area contributed by atoms with Gasteiger partial charge in [-0.05, 0) is 60.2 Å². The third kappa shape index (κ3) is 3.25. The first kappa shape index (κ1) is 13.9. The van der Waals surface area contributed by atoms with Crippen LogP contribution in [0.25, 0.3) is 0 Å². The number of rotatable bonds is 3. The molecular weight excluding hydrogens is 355 g/mol. The zero-order chi connectivity index (χ0) is 14.0. The quantitative estimate of drug-likeness (QED) is 0.644. The van der Waals surface area contributed by atoms with E-state index in [-0.39, 0.29) is 11.9 Å². The average Bonchev–Trinajstić information content (AvgIpc) is 2.78. The predicted molar refractivity (Wildman–Crippen MR) is 83.9 cm³/mol. The lowest BCUT2D eigenvalue weighted by Gasteiger charge is -2.14. The van der Waals surface area contributed by atoms with Gasteiger partial charge in [-0.25, -0.2) is 0 Å². The van der Waals surface area contributed by atoms with Gasteiger partial charge in [0.1, 0.15) is 6.04 Å². The number of carbonyl (C=O) groups excluding carboxylic acids is 1. The molecule has 0 aliphatic rings. The number of aromatic nitrogens is 2. The van der Waals surface area contributed by atoms with Crippen LogP contribution in [-0.2, 0) is 4.79 Å². The summed E-state index contributed by atoms with van der Waals surface area (Å²) in [7, 11) is 0. The monoisotopic (exact) mass is 370 g/mol. The number of hydrogen-bond acceptors (Lipinski definition) is 3. The molecule has 0 bridgehead atoms. The number of amides is 1. The minimum absolute atomic E-state index is 0.104. The molecule has 0 fully saturated rings. The molecule has 100 valence electrons. The number of benzene rings is 1. The number of nitrogen functional groups attached to an aromatic ring is 1. The van der Waals surface area contributed by atoms with Crippen LogP contribution in [-0.4, -0.2) is 15.7 Å². The fourth-order valence-electron chi connectivity index (χ4n) is 1.71. The SMILES string of the molecule is Cc1cc(N)ccc1NC(=O)C(C)n1cc(I)cn1. The molecule has 0 aliphatic heterocycles. The van der Waals surface area contributed by atoms with Crippen LogP contribution in [0.15, 0.2) is 30.6 Å². The Balaban J connectivity index is 2.12. The van der Waals surface area contributed by atoms with Crippen molar-refractivity contribution in [2.24, 2.45) is 0 Å². The van der Waals surface area contributed by atoms with Gasteiger partial charge in [-0.3, -0.25) is 9.48 Å². The van der Waals surface area contributed by atoms with Gasteiger partial charge >= 0.3 is 0 Å². The van der Waals surface area contributed by atoms with Gasteiger partial charge < -0.3 is 11.1 Å². The van der Waals surface area contributed by atoms with Crippen LogP contribution < -0.4 is 11.1 Å². The Kier molecular flexibility index (Phi) is 4.08. The van der Waals surface area contributed by atoms with Crippen LogP contribution >= 0.6 is 22.6 Å². The highest BCUT2D eigenvalue weighted by Gasteiger charge is 2.16. The molecule has 3 N–H and O–H groups in total. The van der Waals surface area contributed by atoms with E-state index in [9.17, 15) is 4.79 Å². The number of carbonyl (C=O) groups is 1. The maximum atomic E-state index is 12.2. The fourth-order valence-corrected chi connectivity index (χ4v) is 2.12. The molecule has 19 heavy (non-hydrogen) atoms. The van der Waals surface area contributed by atoms with E-state index in [1.165, 1.54) is 0 Å². The Labute approximate surface area is 125 Å². The summed E-state index contributed by atoms with van der Waals surface area (Å²) in [4.78, 5) is 12.2. The minimum atomic E-state index is -0.361. The Hall–Kier alpha value is -1.57. The molecule has 1 aromatic carbocycles. The third-order valence-electron chi connectivity index (χ3n) is 2.85. The smallest absolute Gasteiger partial charge is 0.248 e. The van der Waals surface area contributed by atoms with Crippen molar-refractivity contribution >= 4 is 39.9 Å². The minimum Gasteiger partial charge on any atom is -0.399 e. The maximum absolute atomic E-state index is 12.2. The highest BCUT2D eigenvalue weighted by atomic mass is 127. The number of aryl methyl sites for hydroxylation is 1. The molecule has 2 aromatic rings. The maximum Gasteiger partial charge on any atom is 0.248 e. The molecule has 0 radical (unpaired) electrons. The van der Waals surface area contributed by atoms with E-state index >= 15 is 0 Å². The summed E-state index contributed by atoms with van der Waals surface area (Å²) in [5, 5.41) is 7.03. The van der Waals surface area contributed by atoms with Crippen LogP contribution in [0.3, 0.4) is 0 Å². The first-order valence-electron chi connectivity index (χ1n) is 5.84. The second-order valence-electron chi connectivity index (χ2n) is 4.38. The second-order valence-corrected chi connectivity index (χ2v) is 5.62. The molecule has 5 nitrogen and oxygen atoms in total. The fraction of sp³-hybridized carbons (Fsp3) is 0.231. The molecule has 1 heterocycles. The second kappa shape index (κ2) is 5.60. The van der Waals surface area contributed by atoms with Gasteiger partial charge in [-0.1, -0.05) is 0 Å². The van der Waals surface area contributed by atoms with E-state index in [0.717, 1.165) is 14.8 Å². The van der Waals surface area contributed by atoms with Crippen LogP contribution in [0, 0.1) is 10.5 Å². The van der Waals surface area contributed by atoms with Crippen molar-refractivity contribution in [2.45, 2.75) is 19.9 Å². The molecule has 2 rings (SSSR count). The normalized spacial score (nSPS) is 12.2. The van der Waals surface area contributed by atoms with Crippen molar-refractivity contribution in [2.75, 3.05) is 11.1 Å². The molecule has 0 saturated carbocycles. The Morgan fingerprint density at radius 2 is 2.26 bits per heavy atom. The van der Waals surface area contributed by atoms with E-state index in [4.69, 9.17) is 5.73 Å². The number of halogens is 1. The van der Waals surface area contributed by atoms with E-state index in [1.807, 2.05) is 32.2 Å². The number of nitrogens with zero attached hydrogens (tertiary/aromatic N) is 2. The van der Waals surface area contributed by atoms with E-state index in [1.54, 1.807) is 16.9 Å². The molecule has 1 unspecified atom stereocenters. The lowest BCUT2D eigenvalue weighted by Crippen LogP contribution is -2.24. The zero-order valence-corrected chi connectivity index (χ0v) is 12.9. The Morgan fingerprint density at radius 3 is 2.84 bits per heavy atom. The van der Waals surface area contributed by atoms with Gasteiger partial charge in [0.15, 0.2) is 0 Å². The first-order valence-corrected chi connectivity index (χ1v) is 6.92. The van der Waals surface area contributed by atoms with Crippen molar-refractivity contribution in [3.05, 3.63) is 39.7 Å². The molecule has 1 aromatic heterocycles. The summed E-state index contributed by atoms with van der Waals surface area (Å²) in [6.07, 6.45) is 3.56. The van der Waals surface area contributed by atoms with E-state index in [0.29, 0.717) is 5.69 Å². The summed E-state index contributed by atoms with van der Waals surface area (Å²) in [5.41, 5.74) is 8.08. The van der Waals surface area contributed by atoms with Crippen molar-refractivity contribution < 1.29 is 4.79 Å². The highest BCUT2D eigenvalue weighted by molar-refractivity contribution is 14.1. The van der Waals surface area contributed by atoms with Crippen LogP contribution in [0.4, 0.5) is 11.4 Å². The summed E-state index contributed by atoms with van der Waals surface area (Å²) in [6.45, 7) is 3.72. The number of anilines is 2. The van der Waals surface area contributed by atoms with Gasteiger partial charge in [0.05, 0.1) is 9.77 Å². The topological polar surface area (TPSA) is 72.9 Å². The van der Waals surface area contributed by atoms with Crippen molar-refractivity contribution in [1.82, 2.24) is 9.78 Å². The molecule has 0 saturated heterocycles. The van der Waals surface area contributed by atoms with Crippen molar-refractivity contribution in [1.29, 1.82) is 0 Å². The zero-order valence-electron chi connectivity index (χ0n) is 10.7. The molecular formula is C13H15IN4O. The highest BCUT2D eigenvalue weighted by Crippen LogP contribution is 2.19. The first-order chi connectivity index (χ1) is 8.97. The van der Waals surface area contributed by atoms with E-state index in [2.05, 4.69) is 33.0 Å². The standard InChI is InChI=1S/C13H15IN4O/c1-8-5-11(15)3-4-12(8)17-13(19)9(2)18-7-10(14)6-16-18/h3-7,9H,15H2,1-2H3,(H,17,19). The lowest BCUT2D eigenvalue weighted by atomic mass is 10.1. The Bertz CT molecular complexity index is 608. The van der Waals surface area contributed by atoms with Crippen LogP contribution in [0.5, 0.6) is 0 Å². The number of nitrogens with two attached hydrogens (primary N) is 1. The summed E-state index contributed by atoms with van der Waals surface area (Å²) >= 11 is 2.16. The summed E-state index contributed by atoms with van der Waals surface area (Å²) in [5.74, 6) is -0.104. The largest absolute Gasteiger partial charge is 0.399 e. The van der Waals surface area contributed by atoms with E-state index < -0.39 is 0 Å². The van der Waals surface area contributed by atoms with Gasteiger partial charge in [-0.2, -0.15) is 5.10 Å². The van der Waals surface area contributed by atoms with Gasteiger partial charge in [-0.15, -0.1) is 0 Å². The van der Waals surface area contributed by atoms with Gasteiger partial charge in [0, 0.05) is 17.6 Å². The van der Waals surface area contributed by atoms with Crippen LogP contribution in [0.2, 0.25) is 0 Å². The summed E-state index contributed by atoms with van der Waals surface area (Å²) < 4.78 is 2.64. The molecule has 1 amide bonds.